The Morgan fingerprint density at radius 2 is 1.74 bits per heavy atom. The maximum atomic E-state index is 13.0. The number of halogens is 2. The van der Waals surface area contributed by atoms with Crippen LogP contribution in [-0.2, 0) is 6.42 Å². The molecule has 9 heteroatoms. The summed E-state index contributed by atoms with van der Waals surface area (Å²) in [7, 11) is 0. The number of anilines is 2. The topological polar surface area (TPSA) is 99.0 Å². The lowest BCUT2D eigenvalue weighted by Crippen LogP contribution is -2.07. The van der Waals surface area contributed by atoms with E-state index in [0.29, 0.717) is 34.8 Å². The van der Waals surface area contributed by atoms with E-state index in [9.17, 15) is 14.0 Å². The van der Waals surface area contributed by atoms with Gasteiger partial charge in [-0.3, -0.25) is 0 Å². The highest BCUT2D eigenvalue weighted by Crippen LogP contribution is 2.35. The van der Waals surface area contributed by atoms with Gasteiger partial charge in [-0.25, -0.2) is 15.0 Å². The summed E-state index contributed by atoms with van der Waals surface area (Å²) < 4.78 is 30.7. The number of pyridine rings is 1. The molecule has 0 radical (unpaired) electrons. The lowest BCUT2D eigenvalue weighted by Gasteiger charge is -2.16. The zero-order chi connectivity index (χ0) is 27.4. The molecule has 3 aromatic carbocycles. The Kier molecular flexibility index (Phi) is 7.28. The van der Waals surface area contributed by atoms with Crippen molar-refractivity contribution in [3.05, 3.63) is 107 Å². The molecule has 0 aliphatic carbocycles. The van der Waals surface area contributed by atoms with Crippen LogP contribution in [-0.4, -0.2) is 27.3 Å². The third-order valence-electron chi connectivity index (χ3n) is 6.28. The smallest absolute Gasteiger partial charge is 0.387 e. The summed E-state index contributed by atoms with van der Waals surface area (Å²) in [5.41, 5.74) is 5.93. The second kappa shape index (κ2) is 11.1. The molecule has 0 atom stereocenters. The molecule has 5 aromatic rings. The number of fused-ring (bicyclic) bond motifs is 1. The van der Waals surface area contributed by atoms with Crippen LogP contribution in [0, 0.1) is 18.3 Å². The summed E-state index contributed by atoms with van der Waals surface area (Å²) in [5, 5.41) is 12.7. The van der Waals surface area contributed by atoms with Crippen molar-refractivity contribution in [2.45, 2.75) is 26.9 Å². The van der Waals surface area contributed by atoms with E-state index in [0.717, 1.165) is 28.0 Å². The van der Waals surface area contributed by atoms with E-state index in [1.54, 1.807) is 12.4 Å². The quantitative estimate of drug-likeness (QED) is 0.210. The van der Waals surface area contributed by atoms with Gasteiger partial charge in [-0.15, -0.1) is 0 Å². The maximum Gasteiger partial charge on any atom is 0.387 e. The summed E-state index contributed by atoms with van der Waals surface area (Å²) >= 11 is 0. The van der Waals surface area contributed by atoms with Crippen LogP contribution in [0.2, 0.25) is 0 Å². The molecular formula is C30H24F2N6O. The fourth-order valence-electron chi connectivity index (χ4n) is 4.35. The van der Waals surface area contributed by atoms with E-state index >= 15 is 0 Å². The summed E-state index contributed by atoms with van der Waals surface area (Å²) in [6, 6.07) is 24.5. The Morgan fingerprint density at radius 3 is 2.33 bits per heavy atom. The number of benzene rings is 3. The Hall–Kier alpha value is -5.10. The Bertz CT molecular complexity index is 1650. The normalized spacial score (nSPS) is 10.9. The monoisotopic (exact) mass is 522 g/mol. The Morgan fingerprint density at radius 1 is 1.08 bits per heavy atom. The second-order valence-corrected chi connectivity index (χ2v) is 8.70. The number of aromatic amines is 1. The first kappa shape index (κ1) is 25.5. The number of aromatic nitrogens is 3. The number of alkyl halides is 2. The largest absolute Gasteiger partial charge is 0.433 e. The Labute approximate surface area is 223 Å². The zero-order valence-electron chi connectivity index (χ0n) is 21.2. The van der Waals surface area contributed by atoms with Crippen LogP contribution in [0.3, 0.4) is 0 Å². The molecule has 0 aliphatic heterocycles. The van der Waals surface area contributed by atoms with E-state index in [-0.39, 0.29) is 11.3 Å². The number of nitrogens with zero attached hydrogens (tertiary/aromatic N) is 4. The van der Waals surface area contributed by atoms with Gasteiger partial charge in [0, 0.05) is 28.4 Å². The third kappa shape index (κ3) is 5.31. The predicted octanol–water partition coefficient (Wildman–Crippen LogP) is 7.21. The molecule has 0 saturated heterocycles. The van der Waals surface area contributed by atoms with Crippen LogP contribution in [0.15, 0.2) is 84.1 Å². The van der Waals surface area contributed by atoms with Crippen LogP contribution in [0.1, 0.15) is 34.7 Å². The summed E-state index contributed by atoms with van der Waals surface area (Å²) in [5.74, 6) is 0.657. The predicted molar refractivity (Wildman–Crippen MR) is 147 cm³/mol. The van der Waals surface area contributed by atoms with Crippen LogP contribution < -0.4 is 10.1 Å². The highest BCUT2D eigenvalue weighted by Gasteiger charge is 2.18. The second-order valence-electron chi connectivity index (χ2n) is 8.70. The number of nitriles is 1. The minimum absolute atomic E-state index is 0.0331. The Balaban J connectivity index is 1.67. The van der Waals surface area contributed by atoms with Gasteiger partial charge in [0.1, 0.15) is 23.2 Å². The number of aryl methyl sites for hydroxylation is 2. The lowest BCUT2D eigenvalue weighted by molar-refractivity contribution is -0.0500. The molecule has 39 heavy (non-hydrogen) atoms. The van der Waals surface area contributed by atoms with Gasteiger partial charge in [0.25, 0.3) is 0 Å². The molecule has 0 amide bonds. The van der Waals surface area contributed by atoms with E-state index < -0.39 is 6.61 Å². The maximum absolute atomic E-state index is 13.0. The first-order valence-corrected chi connectivity index (χ1v) is 12.3. The fraction of sp³-hybridized carbons (Fsp3) is 0.133. The van der Waals surface area contributed by atoms with Crippen LogP contribution in [0.4, 0.5) is 26.1 Å². The van der Waals surface area contributed by atoms with Crippen molar-refractivity contribution in [3.8, 4) is 11.8 Å². The van der Waals surface area contributed by atoms with Gasteiger partial charge >= 0.3 is 6.61 Å². The van der Waals surface area contributed by atoms with Crippen LogP contribution in [0.25, 0.3) is 11.0 Å². The van der Waals surface area contributed by atoms with Crippen molar-refractivity contribution in [1.82, 2.24) is 15.0 Å². The number of H-pyrrole nitrogens is 1. The molecule has 0 bridgehead atoms. The summed E-state index contributed by atoms with van der Waals surface area (Å²) in [6.45, 7) is 0.717. The molecule has 2 heterocycles. The SMILES string of the molecule is CCc1cc(C#N)c(OC(F)F)cc1Nc1nc(N=C(c2ccccc2)c2ccccc2)c2[nH]cnc2c1C. The molecule has 2 N–H and O–H groups in total. The number of hydrogen-bond acceptors (Lipinski definition) is 6. The van der Waals surface area contributed by atoms with Crippen molar-refractivity contribution >= 4 is 34.1 Å². The van der Waals surface area contributed by atoms with Crippen molar-refractivity contribution in [2.24, 2.45) is 4.99 Å². The molecule has 7 nitrogen and oxygen atoms in total. The van der Waals surface area contributed by atoms with E-state index in [1.807, 2.05) is 80.6 Å². The molecule has 0 aliphatic rings. The molecule has 2 aromatic heterocycles. The third-order valence-corrected chi connectivity index (χ3v) is 6.28. The zero-order valence-corrected chi connectivity index (χ0v) is 21.2. The number of hydrogen-bond donors (Lipinski definition) is 2. The average Bonchev–Trinajstić information content (AvgIpc) is 3.45. The lowest BCUT2D eigenvalue weighted by atomic mass is 10.0. The van der Waals surface area contributed by atoms with Gasteiger partial charge in [0.05, 0.1) is 23.1 Å². The van der Waals surface area contributed by atoms with Gasteiger partial charge in [-0.05, 0) is 25.0 Å². The van der Waals surface area contributed by atoms with E-state index in [2.05, 4.69) is 20.0 Å². The number of imidazole rings is 1. The number of aliphatic imine (C=N–C) groups is 1. The minimum atomic E-state index is -3.06. The number of rotatable bonds is 8. The van der Waals surface area contributed by atoms with Gasteiger partial charge < -0.3 is 15.0 Å². The molecule has 0 spiro atoms. The number of nitrogens with one attached hydrogen (secondary N) is 2. The van der Waals surface area contributed by atoms with E-state index in [4.69, 9.17) is 9.98 Å². The van der Waals surface area contributed by atoms with Crippen molar-refractivity contribution in [2.75, 3.05) is 5.32 Å². The fourth-order valence-corrected chi connectivity index (χ4v) is 4.35. The molecule has 0 saturated carbocycles. The average molecular weight is 523 g/mol. The molecular weight excluding hydrogens is 498 g/mol. The molecule has 0 unspecified atom stereocenters. The van der Waals surface area contributed by atoms with Crippen LogP contribution >= 0.6 is 0 Å². The number of ether oxygens (including phenoxy) is 1. The van der Waals surface area contributed by atoms with Crippen LogP contribution in [0.5, 0.6) is 5.75 Å². The van der Waals surface area contributed by atoms with Gasteiger partial charge in [-0.2, -0.15) is 14.0 Å². The molecule has 5 rings (SSSR count). The standard InChI is InChI=1S/C30H24F2N6O/c1-3-19-14-22(16-33)24(39-30(31)32)15-23(19)36-28-18(2)25-27(35-17-34-25)29(38-28)37-26(20-10-6-4-7-11-20)21-12-8-5-9-13-21/h4-15,17,30H,3H2,1-2H3,(H,34,35)(H,36,38). The summed E-state index contributed by atoms with van der Waals surface area (Å²) in [6.07, 6.45) is 2.13. The van der Waals surface area contributed by atoms with Crippen molar-refractivity contribution in [3.63, 3.8) is 0 Å². The van der Waals surface area contributed by atoms with Crippen molar-refractivity contribution < 1.29 is 13.5 Å². The summed E-state index contributed by atoms with van der Waals surface area (Å²) in [4.78, 5) is 17.5. The minimum Gasteiger partial charge on any atom is -0.433 e. The van der Waals surface area contributed by atoms with Crippen molar-refractivity contribution in [1.29, 1.82) is 5.26 Å². The van der Waals surface area contributed by atoms with Gasteiger partial charge in [0.15, 0.2) is 5.82 Å². The first-order chi connectivity index (χ1) is 19.0. The highest BCUT2D eigenvalue weighted by molar-refractivity contribution is 6.14. The first-order valence-electron chi connectivity index (χ1n) is 12.3. The highest BCUT2D eigenvalue weighted by atomic mass is 19.3. The van der Waals surface area contributed by atoms with Gasteiger partial charge in [-0.1, -0.05) is 67.6 Å². The molecule has 0 fully saturated rings. The van der Waals surface area contributed by atoms with Gasteiger partial charge in [0.2, 0.25) is 0 Å². The molecule has 194 valence electrons. The van der Waals surface area contributed by atoms with E-state index in [1.165, 1.54) is 6.07 Å².